The van der Waals surface area contributed by atoms with Crippen LogP contribution in [0.2, 0.25) is 5.02 Å². The molecule has 0 aliphatic carbocycles. The monoisotopic (exact) mass is 367 g/mol. The Balaban J connectivity index is 1.34. The molecule has 4 nitrogen and oxygen atoms in total. The molecule has 1 saturated heterocycles. The van der Waals surface area contributed by atoms with Gasteiger partial charge in [-0.3, -0.25) is 0 Å². The predicted molar refractivity (Wildman–Crippen MR) is 106 cm³/mol. The summed E-state index contributed by atoms with van der Waals surface area (Å²) in [5.41, 5.74) is 2.22. The van der Waals surface area contributed by atoms with E-state index in [2.05, 4.69) is 39.1 Å². The third-order valence-electron chi connectivity index (χ3n) is 4.91. The van der Waals surface area contributed by atoms with E-state index in [0.717, 1.165) is 55.7 Å². The first-order valence-corrected chi connectivity index (χ1v) is 9.48. The summed E-state index contributed by atoms with van der Waals surface area (Å²) in [5.74, 6) is 0.995. The number of rotatable bonds is 5. The van der Waals surface area contributed by atoms with E-state index >= 15 is 0 Å². The standard InChI is InChI=1S/C21H22ClN3O/c22-17-6-7-19-20(14-17)23-15-24-21(19)25-11-8-18(9-12-25)26-13-10-16-4-2-1-3-5-16/h1-7,14-15,18H,8-13H2. The van der Waals surface area contributed by atoms with Crippen molar-refractivity contribution in [1.82, 2.24) is 9.97 Å². The highest BCUT2D eigenvalue weighted by molar-refractivity contribution is 6.31. The molecule has 1 aromatic heterocycles. The summed E-state index contributed by atoms with van der Waals surface area (Å²) in [6.07, 6.45) is 4.97. The van der Waals surface area contributed by atoms with Crippen molar-refractivity contribution in [3.63, 3.8) is 0 Å². The van der Waals surface area contributed by atoms with Crippen molar-refractivity contribution in [2.45, 2.75) is 25.4 Å². The van der Waals surface area contributed by atoms with Gasteiger partial charge in [0.05, 0.1) is 18.2 Å². The van der Waals surface area contributed by atoms with E-state index in [1.165, 1.54) is 5.56 Å². The highest BCUT2D eigenvalue weighted by atomic mass is 35.5. The summed E-state index contributed by atoms with van der Waals surface area (Å²) in [4.78, 5) is 11.2. The van der Waals surface area contributed by atoms with Crippen molar-refractivity contribution >= 4 is 28.3 Å². The van der Waals surface area contributed by atoms with E-state index < -0.39 is 0 Å². The van der Waals surface area contributed by atoms with Crippen LogP contribution in [0.5, 0.6) is 0 Å². The van der Waals surface area contributed by atoms with Crippen LogP contribution in [0, 0.1) is 0 Å². The molecule has 1 aliphatic heterocycles. The van der Waals surface area contributed by atoms with Gasteiger partial charge in [0.15, 0.2) is 0 Å². The van der Waals surface area contributed by atoms with Crippen LogP contribution < -0.4 is 4.90 Å². The molecule has 5 heteroatoms. The topological polar surface area (TPSA) is 38.2 Å². The SMILES string of the molecule is Clc1ccc2c(N3CCC(OCCc4ccccc4)CC3)ncnc2c1. The molecule has 0 atom stereocenters. The van der Waals surface area contributed by atoms with E-state index in [4.69, 9.17) is 16.3 Å². The Morgan fingerprint density at radius 3 is 2.65 bits per heavy atom. The van der Waals surface area contributed by atoms with Crippen LogP contribution in [-0.4, -0.2) is 35.8 Å². The van der Waals surface area contributed by atoms with E-state index in [1.54, 1.807) is 6.33 Å². The maximum atomic E-state index is 6.10. The molecule has 4 rings (SSSR count). The Kier molecular flexibility index (Phi) is 5.32. The van der Waals surface area contributed by atoms with Crippen molar-refractivity contribution in [2.75, 3.05) is 24.6 Å². The summed E-state index contributed by atoms with van der Waals surface area (Å²) in [5, 5.41) is 1.76. The number of benzene rings is 2. The molecule has 0 bridgehead atoms. The van der Waals surface area contributed by atoms with Gasteiger partial charge < -0.3 is 9.64 Å². The number of nitrogens with zero attached hydrogens (tertiary/aromatic N) is 3. The number of aromatic nitrogens is 2. The van der Waals surface area contributed by atoms with Crippen molar-refractivity contribution in [3.05, 3.63) is 65.4 Å². The van der Waals surface area contributed by atoms with Gasteiger partial charge in [0.2, 0.25) is 0 Å². The van der Waals surface area contributed by atoms with E-state index in [1.807, 2.05) is 24.3 Å². The second-order valence-corrected chi connectivity index (χ2v) is 7.09. The molecule has 0 radical (unpaired) electrons. The average molecular weight is 368 g/mol. The van der Waals surface area contributed by atoms with Gasteiger partial charge in [0, 0.05) is 23.5 Å². The maximum Gasteiger partial charge on any atom is 0.139 e. The van der Waals surface area contributed by atoms with Crippen LogP contribution >= 0.6 is 11.6 Å². The normalized spacial score (nSPS) is 15.5. The summed E-state index contributed by atoms with van der Waals surface area (Å²) in [7, 11) is 0. The molecule has 2 aromatic carbocycles. The second kappa shape index (κ2) is 8.02. The minimum absolute atomic E-state index is 0.331. The zero-order valence-corrected chi connectivity index (χ0v) is 15.4. The quantitative estimate of drug-likeness (QED) is 0.665. The summed E-state index contributed by atoms with van der Waals surface area (Å²) >= 11 is 6.08. The maximum absolute atomic E-state index is 6.10. The van der Waals surface area contributed by atoms with Crippen molar-refractivity contribution < 1.29 is 4.74 Å². The lowest BCUT2D eigenvalue weighted by Gasteiger charge is -2.33. The van der Waals surface area contributed by atoms with Crippen molar-refractivity contribution in [1.29, 1.82) is 0 Å². The van der Waals surface area contributed by atoms with Gasteiger partial charge in [0.1, 0.15) is 12.1 Å². The molecular weight excluding hydrogens is 346 g/mol. The second-order valence-electron chi connectivity index (χ2n) is 6.65. The van der Waals surface area contributed by atoms with Gasteiger partial charge in [-0.15, -0.1) is 0 Å². The van der Waals surface area contributed by atoms with E-state index in [0.29, 0.717) is 11.1 Å². The third kappa shape index (κ3) is 3.97. The summed E-state index contributed by atoms with van der Waals surface area (Å²) in [6, 6.07) is 16.3. The Morgan fingerprint density at radius 1 is 1.04 bits per heavy atom. The highest BCUT2D eigenvalue weighted by Crippen LogP contribution is 2.28. The zero-order valence-electron chi connectivity index (χ0n) is 14.6. The smallest absolute Gasteiger partial charge is 0.139 e. The fourth-order valence-corrected chi connectivity index (χ4v) is 3.66. The lowest BCUT2D eigenvalue weighted by atomic mass is 10.1. The molecule has 1 fully saturated rings. The Bertz CT molecular complexity index is 864. The molecule has 0 unspecified atom stereocenters. The van der Waals surface area contributed by atoms with Crippen LogP contribution in [-0.2, 0) is 11.2 Å². The minimum Gasteiger partial charge on any atom is -0.378 e. The zero-order chi connectivity index (χ0) is 17.8. The van der Waals surface area contributed by atoms with Crippen LogP contribution in [0.1, 0.15) is 18.4 Å². The molecule has 1 aliphatic rings. The minimum atomic E-state index is 0.331. The molecular formula is C21H22ClN3O. The largest absolute Gasteiger partial charge is 0.378 e. The summed E-state index contributed by atoms with van der Waals surface area (Å²) < 4.78 is 6.10. The molecule has 134 valence electrons. The van der Waals surface area contributed by atoms with E-state index in [-0.39, 0.29) is 0 Å². The van der Waals surface area contributed by atoms with Gasteiger partial charge in [0.25, 0.3) is 0 Å². The Hall–Kier alpha value is -2.17. The number of ether oxygens (including phenoxy) is 1. The van der Waals surface area contributed by atoms with Gasteiger partial charge in [-0.05, 0) is 43.0 Å². The molecule has 0 N–H and O–H groups in total. The molecule has 26 heavy (non-hydrogen) atoms. The molecule has 3 aromatic rings. The van der Waals surface area contributed by atoms with E-state index in [9.17, 15) is 0 Å². The number of fused-ring (bicyclic) bond motifs is 1. The first-order valence-electron chi connectivity index (χ1n) is 9.10. The first kappa shape index (κ1) is 17.3. The van der Waals surface area contributed by atoms with Crippen LogP contribution in [0.3, 0.4) is 0 Å². The molecule has 0 amide bonds. The number of hydrogen-bond acceptors (Lipinski definition) is 4. The van der Waals surface area contributed by atoms with Gasteiger partial charge in [-0.2, -0.15) is 0 Å². The number of anilines is 1. The number of halogens is 1. The summed E-state index contributed by atoms with van der Waals surface area (Å²) in [6.45, 7) is 2.68. The Morgan fingerprint density at radius 2 is 1.85 bits per heavy atom. The lowest BCUT2D eigenvalue weighted by molar-refractivity contribution is 0.0390. The third-order valence-corrected chi connectivity index (χ3v) is 5.14. The molecule has 0 spiro atoms. The predicted octanol–water partition coefficient (Wildman–Crippen LogP) is 4.51. The fourth-order valence-electron chi connectivity index (χ4n) is 3.49. The van der Waals surface area contributed by atoms with Crippen LogP contribution in [0.4, 0.5) is 5.82 Å². The van der Waals surface area contributed by atoms with Crippen molar-refractivity contribution in [3.8, 4) is 0 Å². The first-order chi connectivity index (χ1) is 12.8. The van der Waals surface area contributed by atoms with Gasteiger partial charge in [-0.1, -0.05) is 41.9 Å². The van der Waals surface area contributed by atoms with Crippen molar-refractivity contribution in [2.24, 2.45) is 0 Å². The van der Waals surface area contributed by atoms with Crippen LogP contribution in [0.15, 0.2) is 54.9 Å². The van der Waals surface area contributed by atoms with Gasteiger partial charge >= 0.3 is 0 Å². The van der Waals surface area contributed by atoms with Gasteiger partial charge in [-0.25, -0.2) is 9.97 Å². The molecule has 0 saturated carbocycles. The Labute approximate surface area is 158 Å². The number of hydrogen-bond donors (Lipinski definition) is 0. The lowest BCUT2D eigenvalue weighted by Crippen LogP contribution is -2.37. The average Bonchev–Trinajstić information content (AvgIpc) is 2.69. The highest BCUT2D eigenvalue weighted by Gasteiger charge is 2.22. The number of piperidine rings is 1. The van der Waals surface area contributed by atoms with Crippen LogP contribution in [0.25, 0.3) is 10.9 Å². The molecule has 2 heterocycles. The fraction of sp³-hybridized carbons (Fsp3) is 0.333.